The fraction of sp³-hybridized carbons (Fsp3) is 0.0833. The Balaban J connectivity index is 2.31. The van der Waals surface area contributed by atoms with Crippen molar-refractivity contribution in [2.45, 2.75) is 6.54 Å². The molecule has 0 atom stereocenters. The van der Waals surface area contributed by atoms with Gasteiger partial charge >= 0.3 is 0 Å². The predicted octanol–water partition coefficient (Wildman–Crippen LogP) is 3.75. The van der Waals surface area contributed by atoms with Crippen LogP contribution >= 0.6 is 27.5 Å². The smallest absolute Gasteiger partial charge is 0.146 e. The van der Waals surface area contributed by atoms with Crippen LogP contribution in [0.25, 0.3) is 0 Å². The van der Waals surface area contributed by atoms with Crippen LogP contribution in [0.1, 0.15) is 5.56 Å². The summed E-state index contributed by atoms with van der Waals surface area (Å²) in [7, 11) is 0. The van der Waals surface area contributed by atoms with Gasteiger partial charge in [-0.2, -0.15) is 0 Å². The second-order valence-electron chi connectivity index (χ2n) is 3.36. The Labute approximate surface area is 113 Å². The van der Waals surface area contributed by atoms with Gasteiger partial charge in [0, 0.05) is 29.0 Å². The molecule has 1 heterocycles. The number of nitrogens with two attached hydrogens (primary N) is 1. The fourth-order valence-electron chi connectivity index (χ4n) is 1.34. The largest absolute Gasteiger partial charge is 0.455 e. The summed E-state index contributed by atoms with van der Waals surface area (Å²) >= 11 is 9.41. The van der Waals surface area contributed by atoms with Gasteiger partial charge in [0.25, 0.3) is 0 Å². The van der Waals surface area contributed by atoms with E-state index < -0.39 is 0 Å². The maximum Gasteiger partial charge on any atom is 0.146 e. The molecular formula is C12H10BrClN2O. The molecule has 0 radical (unpaired) electrons. The second-order valence-corrected chi connectivity index (χ2v) is 4.69. The normalized spacial score (nSPS) is 10.3. The minimum absolute atomic E-state index is 0.372. The highest BCUT2D eigenvalue weighted by atomic mass is 79.9. The van der Waals surface area contributed by atoms with Crippen molar-refractivity contribution in [2.24, 2.45) is 5.73 Å². The first-order valence-electron chi connectivity index (χ1n) is 4.96. The summed E-state index contributed by atoms with van der Waals surface area (Å²) in [6, 6.07) is 7.21. The molecule has 0 bridgehead atoms. The van der Waals surface area contributed by atoms with Gasteiger partial charge in [0.1, 0.15) is 11.5 Å². The highest BCUT2D eigenvalue weighted by molar-refractivity contribution is 9.10. The molecule has 2 N–H and O–H groups in total. The van der Waals surface area contributed by atoms with Crippen LogP contribution in [0.4, 0.5) is 0 Å². The Morgan fingerprint density at radius 3 is 2.82 bits per heavy atom. The van der Waals surface area contributed by atoms with Gasteiger partial charge in [-0.05, 0) is 24.3 Å². The van der Waals surface area contributed by atoms with Gasteiger partial charge in [0.15, 0.2) is 0 Å². The number of hydrogen-bond donors (Lipinski definition) is 1. The average Bonchev–Trinajstić information content (AvgIpc) is 2.33. The van der Waals surface area contributed by atoms with E-state index in [1.807, 2.05) is 6.07 Å². The van der Waals surface area contributed by atoms with Gasteiger partial charge in [-0.25, -0.2) is 0 Å². The van der Waals surface area contributed by atoms with Crippen molar-refractivity contribution in [1.82, 2.24) is 4.98 Å². The van der Waals surface area contributed by atoms with Crippen LogP contribution in [0, 0.1) is 0 Å². The molecule has 0 saturated heterocycles. The quantitative estimate of drug-likeness (QED) is 0.939. The lowest BCUT2D eigenvalue weighted by atomic mass is 10.2. The molecule has 0 amide bonds. The molecule has 0 unspecified atom stereocenters. The van der Waals surface area contributed by atoms with Gasteiger partial charge in [-0.15, -0.1) is 0 Å². The fourth-order valence-corrected chi connectivity index (χ4v) is 2.06. The molecule has 0 aliphatic carbocycles. The lowest BCUT2D eigenvalue weighted by Gasteiger charge is -2.10. The molecule has 2 rings (SSSR count). The third-order valence-corrected chi connectivity index (χ3v) is 2.98. The van der Waals surface area contributed by atoms with Gasteiger partial charge in [-0.1, -0.05) is 27.5 Å². The van der Waals surface area contributed by atoms with E-state index in [1.165, 1.54) is 0 Å². The van der Waals surface area contributed by atoms with Crippen LogP contribution < -0.4 is 10.5 Å². The third kappa shape index (κ3) is 2.97. The van der Waals surface area contributed by atoms with Gasteiger partial charge in [0.05, 0.1) is 5.02 Å². The van der Waals surface area contributed by atoms with Gasteiger partial charge in [-0.3, -0.25) is 4.98 Å². The number of benzene rings is 1. The molecule has 17 heavy (non-hydrogen) atoms. The highest BCUT2D eigenvalue weighted by Gasteiger charge is 2.07. The van der Waals surface area contributed by atoms with E-state index >= 15 is 0 Å². The Morgan fingerprint density at radius 2 is 2.12 bits per heavy atom. The third-order valence-electron chi connectivity index (χ3n) is 2.19. The molecule has 0 saturated carbocycles. The SMILES string of the molecule is NCc1cnccc1Oc1ccc(Br)cc1Cl. The van der Waals surface area contributed by atoms with Crippen molar-refractivity contribution in [1.29, 1.82) is 0 Å². The number of rotatable bonds is 3. The van der Waals surface area contributed by atoms with E-state index in [4.69, 9.17) is 22.1 Å². The van der Waals surface area contributed by atoms with E-state index in [0.717, 1.165) is 10.0 Å². The van der Waals surface area contributed by atoms with Crippen LogP contribution in [0.5, 0.6) is 11.5 Å². The molecular weight excluding hydrogens is 304 g/mol. The zero-order valence-electron chi connectivity index (χ0n) is 8.86. The average molecular weight is 314 g/mol. The Bertz CT molecular complexity index is 534. The highest BCUT2D eigenvalue weighted by Crippen LogP contribution is 2.32. The van der Waals surface area contributed by atoms with Crippen molar-refractivity contribution in [2.75, 3.05) is 0 Å². The summed E-state index contributed by atoms with van der Waals surface area (Å²) in [4.78, 5) is 3.99. The Kier molecular flexibility index (Phi) is 3.99. The van der Waals surface area contributed by atoms with Crippen LogP contribution in [-0.2, 0) is 6.54 Å². The van der Waals surface area contributed by atoms with Crippen LogP contribution in [0.2, 0.25) is 5.02 Å². The predicted molar refractivity (Wildman–Crippen MR) is 71.4 cm³/mol. The first-order valence-corrected chi connectivity index (χ1v) is 6.13. The van der Waals surface area contributed by atoms with Gasteiger partial charge in [0.2, 0.25) is 0 Å². The van der Waals surface area contributed by atoms with E-state index in [0.29, 0.717) is 23.1 Å². The second kappa shape index (κ2) is 5.49. The molecule has 2 aromatic rings. The minimum atomic E-state index is 0.372. The molecule has 1 aromatic carbocycles. The Morgan fingerprint density at radius 1 is 1.29 bits per heavy atom. The van der Waals surface area contributed by atoms with Crippen LogP contribution in [-0.4, -0.2) is 4.98 Å². The van der Waals surface area contributed by atoms with Crippen molar-refractivity contribution in [3.05, 3.63) is 51.7 Å². The topological polar surface area (TPSA) is 48.1 Å². The van der Waals surface area contributed by atoms with E-state index in [9.17, 15) is 0 Å². The van der Waals surface area contributed by atoms with E-state index in [-0.39, 0.29) is 0 Å². The number of halogens is 2. The minimum Gasteiger partial charge on any atom is -0.455 e. The summed E-state index contributed by atoms with van der Waals surface area (Å²) in [5.41, 5.74) is 6.45. The molecule has 88 valence electrons. The molecule has 0 fully saturated rings. The zero-order valence-corrected chi connectivity index (χ0v) is 11.2. The van der Waals surface area contributed by atoms with E-state index in [2.05, 4.69) is 20.9 Å². The molecule has 0 aliphatic heterocycles. The summed E-state index contributed by atoms with van der Waals surface area (Å²) in [5.74, 6) is 1.27. The van der Waals surface area contributed by atoms with Crippen LogP contribution in [0.3, 0.4) is 0 Å². The van der Waals surface area contributed by atoms with Gasteiger partial charge < -0.3 is 10.5 Å². The standard InChI is InChI=1S/C12H10BrClN2O/c13-9-1-2-12(10(14)5-9)17-11-3-4-16-7-8(11)6-15/h1-5,7H,6,15H2. The lowest BCUT2D eigenvalue weighted by Crippen LogP contribution is -2.00. The van der Waals surface area contributed by atoms with Crippen molar-refractivity contribution >= 4 is 27.5 Å². The molecule has 3 nitrogen and oxygen atoms in total. The monoisotopic (exact) mass is 312 g/mol. The van der Waals surface area contributed by atoms with Crippen molar-refractivity contribution < 1.29 is 4.74 Å². The molecule has 0 spiro atoms. The molecule has 5 heteroatoms. The van der Waals surface area contributed by atoms with E-state index in [1.54, 1.807) is 30.6 Å². The molecule has 0 aliphatic rings. The zero-order chi connectivity index (χ0) is 12.3. The summed E-state index contributed by atoms with van der Waals surface area (Å²) < 4.78 is 6.62. The van der Waals surface area contributed by atoms with Crippen LogP contribution in [0.15, 0.2) is 41.1 Å². The number of ether oxygens (including phenoxy) is 1. The maximum absolute atomic E-state index is 6.07. The summed E-state index contributed by atoms with van der Waals surface area (Å²) in [6.45, 7) is 0.372. The first-order chi connectivity index (χ1) is 8.20. The summed E-state index contributed by atoms with van der Waals surface area (Å²) in [6.07, 6.45) is 3.34. The van der Waals surface area contributed by atoms with Crippen molar-refractivity contribution in [3.63, 3.8) is 0 Å². The Hall–Kier alpha value is -1.10. The molecule has 1 aromatic heterocycles. The number of hydrogen-bond acceptors (Lipinski definition) is 3. The maximum atomic E-state index is 6.07. The summed E-state index contributed by atoms with van der Waals surface area (Å²) in [5, 5.41) is 0.541. The number of pyridine rings is 1. The van der Waals surface area contributed by atoms with Crippen molar-refractivity contribution in [3.8, 4) is 11.5 Å². The number of aromatic nitrogens is 1. The first kappa shape index (κ1) is 12.4. The number of nitrogens with zero attached hydrogens (tertiary/aromatic N) is 1. The lowest BCUT2D eigenvalue weighted by molar-refractivity contribution is 0.475.